The highest BCUT2D eigenvalue weighted by atomic mass is 16.5. The van der Waals surface area contributed by atoms with Gasteiger partial charge in [-0.1, -0.05) is 30.3 Å². The van der Waals surface area contributed by atoms with Crippen LogP contribution in [0.1, 0.15) is 25.7 Å². The largest absolute Gasteiger partial charge is 0.493 e. The van der Waals surface area contributed by atoms with Crippen LogP contribution in [0.2, 0.25) is 0 Å². The minimum Gasteiger partial charge on any atom is -0.493 e. The first-order valence-corrected chi connectivity index (χ1v) is 8.99. The molecule has 1 heterocycles. The third-order valence-corrected chi connectivity index (χ3v) is 4.35. The van der Waals surface area contributed by atoms with E-state index in [-0.39, 0.29) is 11.4 Å². The first-order valence-electron chi connectivity index (χ1n) is 8.99. The number of carbonyl (C=O) groups is 1. The van der Waals surface area contributed by atoms with E-state index in [1.807, 2.05) is 30.3 Å². The van der Waals surface area contributed by atoms with E-state index < -0.39 is 0 Å². The summed E-state index contributed by atoms with van der Waals surface area (Å²) < 4.78 is 16.0. The van der Waals surface area contributed by atoms with Gasteiger partial charge in [0.15, 0.2) is 5.43 Å². The standard InChI is InChI=1S/C22H22O5/c1-25-21(23)10-6-3-7-13-26-17-11-12-18-20(14-17)27-15-19(22(18)24)16-8-4-2-5-9-16/h2,4-5,8-9,11-12,14-15H,3,6-7,10,13H2,1H3. The van der Waals surface area contributed by atoms with Crippen molar-refractivity contribution in [2.24, 2.45) is 0 Å². The van der Waals surface area contributed by atoms with E-state index in [0.29, 0.717) is 35.3 Å². The molecule has 0 fully saturated rings. The molecular weight excluding hydrogens is 344 g/mol. The molecule has 5 nitrogen and oxygen atoms in total. The van der Waals surface area contributed by atoms with Crippen molar-refractivity contribution in [3.63, 3.8) is 0 Å². The molecule has 27 heavy (non-hydrogen) atoms. The Bertz CT molecular complexity index is 959. The van der Waals surface area contributed by atoms with Crippen LogP contribution in [0.25, 0.3) is 22.1 Å². The average Bonchev–Trinajstić information content (AvgIpc) is 2.71. The zero-order valence-electron chi connectivity index (χ0n) is 15.3. The SMILES string of the molecule is COC(=O)CCCCCOc1ccc2c(=O)c(-c3ccccc3)coc2c1. The van der Waals surface area contributed by atoms with Gasteiger partial charge in [-0.05, 0) is 37.0 Å². The van der Waals surface area contributed by atoms with E-state index in [2.05, 4.69) is 4.74 Å². The van der Waals surface area contributed by atoms with Crippen molar-refractivity contribution >= 4 is 16.9 Å². The molecule has 0 unspecified atom stereocenters. The second-order valence-corrected chi connectivity index (χ2v) is 6.24. The minimum absolute atomic E-state index is 0.0585. The van der Waals surface area contributed by atoms with Crippen LogP contribution < -0.4 is 10.2 Å². The molecule has 0 aliphatic rings. The molecule has 0 spiro atoms. The van der Waals surface area contributed by atoms with Crippen molar-refractivity contribution in [1.29, 1.82) is 0 Å². The molecule has 0 atom stereocenters. The van der Waals surface area contributed by atoms with Crippen molar-refractivity contribution in [2.45, 2.75) is 25.7 Å². The lowest BCUT2D eigenvalue weighted by Crippen LogP contribution is -2.05. The number of fused-ring (bicyclic) bond motifs is 1. The molecule has 1 aromatic heterocycles. The fourth-order valence-corrected chi connectivity index (χ4v) is 2.86. The van der Waals surface area contributed by atoms with Crippen LogP contribution in [0.15, 0.2) is 64.0 Å². The highest BCUT2D eigenvalue weighted by molar-refractivity contribution is 5.82. The molecule has 0 aliphatic carbocycles. The molecule has 5 heteroatoms. The van der Waals surface area contributed by atoms with Gasteiger partial charge in [0.25, 0.3) is 0 Å². The van der Waals surface area contributed by atoms with Gasteiger partial charge in [-0.3, -0.25) is 9.59 Å². The van der Waals surface area contributed by atoms with Crippen molar-refractivity contribution in [1.82, 2.24) is 0 Å². The maximum atomic E-state index is 12.7. The summed E-state index contributed by atoms with van der Waals surface area (Å²) in [4.78, 5) is 23.8. The van der Waals surface area contributed by atoms with E-state index in [0.717, 1.165) is 24.8 Å². The molecule has 3 rings (SSSR count). The molecular formula is C22H22O5. The van der Waals surface area contributed by atoms with Crippen molar-refractivity contribution in [3.05, 3.63) is 65.0 Å². The Labute approximate surface area is 157 Å². The smallest absolute Gasteiger partial charge is 0.305 e. The van der Waals surface area contributed by atoms with Gasteiger partial charge in [0.1, 0.15) is 17.6 Å². The van der Waals surface area contributed by atoms with Crippen LogP contribution in [0.5, 0.6) is 5.75 Å². The third-order valence-electron chi connectivity index (χ3n) is 4.35. The van der Waals surface area contributed by atoms with Gasteiger partial charge in [0.05, 0.1) is 24.7 Å². The first-order chi connectivity index (χ1) is 13.2. The highest BCUT2D eigenvalue weighted by Gasteiger charge is 2.10. The van der Waals surface area contributed by atoms with Crippen LogP contribution in [0.4, 0.5) is 0 Å². The molecule has 140 valence electrons. The van der Waals surface area contributed by atoms with Gasteiger partial charge in [-0.2, -0.15) is 0 Å². The Morgan fingerprint density at radius 3 is 2.63 bits per heavy atom. The summed E-state index contributed by atoms with van der Waals surface area (Å²) in [7, 11) is 1.40. The monoisotopic (exact) mass is 366 g/mol. The molecule has 2 aromatic carbocycles. The molecule has 0 aliphatic heterocycles. The number of ether oxygens (including phenoxy) is 2. The number of hydrogen-bond donors (Lipinski definition) is 0. The van der Waals surface area contributed by atoms with E-state index in [1.54, 1.807) is 18.2 Å². The van der Waals surface area contributed by atoms with Gasteiger partial charge < -0.3 is 13.9 Å². The van der Waals surface area contributed by atoms with Crippen LogP contribution in [-0.2, 0) is 9.53 Å². The first kappa shape index (κ1) is 18.7. The van der Waals surface area contributed by atoms with Gasteiger partial charge in [0.2, 0.25) is 0 Å². The Morgan fingerprint density at radius 2 is 1.85 bits per heavy atom. The van der Waals surface area contributed by atoms with E-state index in [1.165, 1.54) is 13.4 Å². The Balaban J connectivity index is 1.63. The molecule has 0 N–H and O–H groups in total. The maximum absolute atomic E-state index is 12.7. The summed E-state index contributed by atoms with van der Waals surface area (Å²) in [6.45, 7) is 0.541. The minimum atomic E-state index is -0.185. The molecule has 0 bridgehead atoms. The van der Waals surface area contributed by atoms with E-state index in [9.17, 15) is 9.59 Å². The predicted octanol–water partition coefficient (Wildman–Crippen LogP) is 4.57. The lowest BCUT2D eigenvalue weighted by atomic mass is 10.1. The lowest BCUT2D eigenvalue weighted by Gasteiger charge is -2.07. The van der Waals surface area contributed by atoms with E-state index >= 15 is 0 Å². The van der Waals surface area contributed by atoms with Gasteiger partial charge in [-0.25, -0.2) is 0 Å². The number of unbranched alkanes of at least 4 members (excludes halogenated alkanes) is 2. The lowest BCUT2D eigenvalue weighted by molar-refractivity contribution is -0.140. The average molecular weight is 366 g/mol. The molecule has 0 amide bonds. The number of methoxy groups -OCH3 is 1. The van der Waals surface area contributed by atoms with E-state index in [4.69, 9.17) is 9.15 Å². The van der Waals surface area contributed by atoms with Crippen LogP contribution in [0, 0.1) is 0 Å². The highest BCUT2D eigenvalue weighted by Crippen LogP contribution is 2.23. The number of esters is 1. The summed E-state index contributed by atoms with van der Waals surface area (Å²) in [5.74, 6) is 0.474. The normalized spacial score (nSPS) is 10.7. The number of benzene rings is 2. The Hall–Kier alpha value is -3.08. The van der Waals surface area contributed by atoms with Crippen molar-refractivity contribution < 1.29 is 18.7 Å². The molecule has 3 aromatic rings. The van der Waals surface area contributed by atoms with Gasteiger partial charge >= 0.3 is 5.97 Å². The van der Waals surface area contributed by atoms with Crippen molar-refractivity contribution in [3.8, 4) is 16.9 Å². The topological polar surface area (TPSA) is 65.7 Å². The summed E-state index contributed by atoms with van der Waals surface area (Å²) in [6.07, 6.45) is 4.44. The van der Waals surface area contributed by atoms with Crippen molar-refractivity contribution in [2.75, 3.05) is 13.7 Å². The number of hydrogen-bond acceptors (Lipinski definition) is 5. The Morgan fingerprint density at radius 1 is 1.04 bits per heavy atom. The summed E-state index contributed by atoms with van der Waals surface area (Å²) in [5, 5.41) is 0.529. The quantitative estimate of drug-likeness (QED) is 0.431. The summed E-state index contributed by atoms with van der Waals surface area (Å²) in [5.41, 5.74) is 1.82. The summed E-state index contributed by atoms with van der Waals surface area (Å²) >= 11 is 0. The molecule has 0 saturated carbocycles. The number of carbonyl (C=O) groups excluding carboxylic acids is 1. The molecule has 0 radical (unpaired) electrons. The zero-order valence-corrected chi connectivity index (χ0v) is 15.3. The third kappa shape index (κ3) is 4.76. The van der Waals surface area contributed by atoms with Crippen LogP contribution in [0.3, 0.4) is 0 Å². The predicted molar refractivity (Wildman–Crippen MR) is 104 cm³/mol. The van der Waals surface area contributed by atoms with Crippen LogP contribution in [-0.4, -0.2) is 19.7 Å². The van der Waals surface area contributed by atoms with Crippen LogP contribution >= 0.6 is 0 Å². The Kier molecular flexibility index (Phi) is 6.26. The fraction of sp³-hybridized carbons (Fsp3) is 0.273. The van der Waals surface area contributed by atoms with Gasteiger partial charge in [-0.15, -0.1) is 0 Å². The second-order valence-electron chi connectivity index (χ2n) is 6.24. The second kappa shape index (κ2) is 9.03. The molecule has 0 saturated heterocycles. The fourth-order valence-electron chi connectivity index (χ4n) is 2.86. The summed E-state index contributed by atoms with van der Waals surface area (Å²) in [6, 6.07) is 14.7. The number of rotatable bonds is 8. The zero-order chi connectivity index (χ0) is 19.1. The van der Waals surface area contributed by atoms with Gasteiger partial charge in [0, 0.05) is 12.5 Å². The maximum Gasteiger partial charge on any atom is 0.305 e.